The first kappa shape index (κ1) is 80.3. The first-order valence-electron chi connectivity index (χ1n) is 33.2. The lowest BCUT2D eigenvalue weighted by Crippen LogP contribution is -2.51. The summed E-state index contributed by atoms with van der Waals surface area (Å²) in [6, 6.07) is 9.05. The minimum Gasteiger partial charge on any atom is -0.490 e. The molecule has 8 amide bonds. The number of carbonyl (C=O) groups is 9. The van der Waals surface area contributed by atoms with Crippen LogP contribution in [-0.4, -0.2) is 194 Å². The van der Waals surface area contributed by atoms with Gasteiger partial charge in [-0.1, -0.05) is 36.4 Å². The minimum atomic E-state index is -1.25. The number of halogens is 3. The summed E-state index contributed by atoms with van der Waals surface area (Å²) in [4.78, 5) is 104. The van der Waals surface area contributed by atoms with Crippen LogP contribution in [0.1, 0.15) is 139 Å². The summed E-state index contributed by atoms with van der Waals surface area (Å²) in [6.45, 7) is 9.28. The van der Waals surface area contributed by atoms with Gasteiger partial charge in [0, 0.05) is 19.3 Å². The molecule has 30 heteroatoms. The molecule has 2 saturated carbocycles. The third-order valence-electron chi connectivity index (χ3n) is 16.6. The van der Waals surface area contributed by atoms with E-state index >= 15 is 0 Å². The highest BCUT2D eigenvalue weighted by atomic mass is 35.5. The lowest BCUT2D eigenvalue weighted by molar-refractivity contribution is -0.137. The van der Waals surface area contributed by atoms with Gasteiger partial charge in [0.15, 0.2) is 23.1 Å². The van der Waals surface area contributed by atoms with Gasteiger partial charge in [0.1, 0.15) is 17.5 Å². The molecule has 6 aliphatic rings. The Labute approximate surface area is 576 Å². The summed E-state index contributed by atoms with van der Waals surface area (Å²) in [5.74, 6) is 3.49. The summed E-state index contributed by atoms with van der Waals surface area (Å²) in [7, 11) is 0. The fourth-order valence-corrected chi connectivity index (χ4v) is 10.5. The maximum Gasteiger partial charge on any atom is 0.240 e. The lowest BCUT2D eigenvalue weighted by atomic mass is 9.90. The molecule has 4 aliphatic heterocycles. The second-order valence-corrected chi connectivity index (χ2v) is 24.8. The van der Waals surface area contributed by atoms with Crippen molar-refractivity contribution in [2.75, 3.05) is 85.2 Å². The van der Waals surface area contributed by atoms with Gasteiger partial charge in [0.25, 0.3) is 0 Å². The molecule has 6 fully saturated rings. The molecule has 534 valence electrons. The second-order valence-electron chi connectivity index (χ2n) is 24.8. The number of hydrogen-bond donors (Lipinski definition) is 7. The number of carbonyl (C=O) groups excluding carboxylic acids is 9. The molecule has 27 nitrogen and oxygen atoms in total. The quantitative estimate of drug-likeness (QED) is 0.0165. The van der Waals surface area contributed by atoms with E-state index in [1.165, 1.54) is 12.1 Å². The molecular formula is C68H93ClF2N14O13. The number of rotatable bonds is 31. The van der Waals surface area contributed by atoms with Crippen molar-refractivity contribution < 1.29 is 71.6 Å². The van der Waals surface area contributed by atoms with Crippen LogP contribution in [0, 0.1) is 48.2 Å². The number of hydrogen-bond acceptors (Lipinski definition) is 21. The molecule has 2 aliphatic carbocycles. The van der Waals surface area contributed by atoms with Crippen molar-refractivity contribution in [3.8, 4) is 36.2 Å². The number of aryl methyl sites for hydroxylation is 2. The molecule has 2 aromatic heterocycles. The van der Waals surface area contributed by atoms with E-state index in [9.17, 15) is 62.1 Å². The van der Waals surface area contributed by atoms with Crippen molar-refractivity contribution >= 4 is 66.0 Å². The van der Waals surface area contributed by atoms with Crippen LogP contribution >= 0.6 is 12.4 Å². The molecule has 4 aromatic rings. The summed E-state index contributed by atoms with van der Waals surface area (Å²) in [5, 5.41) is 50.9. The van der Waals surface area contributed by atoms with Crippen LogP contribution in [0.2, 0.25) is 0 Å². The number of aldehydes is 1. The predicted molar refractivity (Wildman–Crippen MR) is 357 cm³/mol. The zero-order chi connectivity index (χ0) is 70.2. The van der Waals surface area contributed by atoms with Gasteiger partial charge in [-0.25, -0.2) is 18.1 Å². The van der Waals surface area contributed by atoms with Gasteiger partial charge in [-0.05, 0) is 163 Å². The number of imide groups is 4. The molecule has 6 heterocycles. The SMILES string of the molecule is C#CCCCC=O.C#CCCCCN1CC(=O)NC(=O)C1.CC[C@@](O)(Cn1nncc1CCCCN1CC(=O)NC(=O)C1)c1ccc(F)c(OCC2CC2)c1.CC[C@@](O)(Cn1nncc1CCCCN1CC(=O)NC(=O)C1)c1ccc(F)c(OCC2CC2)c1.Cl.O=C1CNCC(=O)N1. The molecule has 0 bridgehead atoms. The Morgan fingerprint density at radius 3 is 1.23 bits per heavy atom. The zero-order valence-corrected chi connectivity index (χ0v) is 56.7. The van der Waals surface area contributed by atoms with Gasteiger partial charge in [-0.3, -0.25) is 79.6 Å². The average molecular weight is 1390 g/mol. The van der Waals surface area contributed by atoms with E-state index in [1.54, 1.807) is 46.0 Å². The number of unbranched alkanes of at least 4 members (excludes halogenated alkanes) is 6. The zero-order valence-electron chi connectivity index (χ0n) is 55.9. The number of nitrogens with zero attached hydrogens (tertiary/aromatic N) is 9. The van der Waals surface area contributed by atoms with E-state index in [0.717, 1.165) is 108 Å². The van der Waals surface area contributed by atoms with E-state index in [-0.39, 0.29) is 124 Å². The average Bonchev–Trinajstić information content (AvgIpc) is 0.975. The molecule has 0 radical (unpaired) electrons. The Morgan fingerprint density at radius 2 is 0.908 bits per heavy atom. The van der Waals surface area contributed by atoms with Gasteiger partial charge in [-0.15, -0.1) is 47.3 Å². The first-order valence-corrected chi connectivity index (χ1v) is 33.2. The molecule has 2 aromatic carbocycles. The van der Waals surface area contributed by atoms with Crippen LogP contribution in [-0.2, 0) is 80.3 Å². The number of aliphatic hydroxyl groups is 2. The Kier molecular flexibility index (Phi) is 34.2. The van der Waals surface area contributed by atoms with Crippen LogP contribution in [0.3, 0.4) is 0 Å². The Balaban J connectivity index is 0.000000251. The summed E-state index contributed by atoms with van der Waals surface area (Å²) in [5.41, 5.74) is 0.414. The van der Waals surface area contributed by atoms with Crippen LogP contribution in [0.25, 0.3) is 0 Å². The summed E-state index contributed by atoms with van der Waals surface area (Å²) < 4.78 is 43.2. The molecule has 4 saturated heterocycles. The molecule has 0 spiro atoms. The van der Waals surface area contributed by atoms with Crippen LogP contribution in [0.15, 0.2) is 48.8 Å². The number of benzene rings is 2. The van der Waals surface area contributed by atoms with Crippen molar-refractivity contribution in [2.24, 2.45) is 11.8 Å². The molecule has 98 heavy (non-hydrogen) atoms. The smallest absolute Gasteiger partial charge is 0.240 e. The normalized spacial score (nSPS) is 17.6. The fourth-order valence-electron chi connectivity index (χ4n) is 10.5. The van der Waals surface area contributed by atoms with E-state index in [4.69, 9.17) is 22.3 Å². The number of nitrogens with one attached hydrogen (secondary N) is 5. The number of amides is 8. The Morgan fingerprint density at radius 1 is 0.551 bits per heavy atom. The molecule has 7 N–H and O–H groups in total. The maximum absolute atomic E-state index is 14.2. The number of terminal acetylenes is 2. The number of ether oxygens (including phenoxy) is 2. The predicted octanol–water partition coefficient (Wildman–Crippen LogP) is 2.96. The maximum atomic E-state index is 14.2. The molecular weight excluding hydrogens is 1290 g/mol. The molecule has 10 rings (SSSR count). The van der Waals surface area contributed by atoms with Crippen molar-refractivity contribution in [3.05, 3.63) is 82.9 Å². The van der Waals surface area contributed by atoms with Crippen LogP contribution in [0.5, 0.6) is 11.5 Å². The van der Waals surface area contributed by atoms with Gasteiger partial charge in [0.2, 0.25) is 47.3 Å². The highest BCUT2D eigenvalue weighted by Crippen LogP contribution is 2.36. The van der Waals surface area contributed by atoms with E-state index < -0.39 is 22.8 Å². The highest BCUT2D eigenvalue weighted by molar-refractivity contribution is 6.01. The van der Waals surface area contributed by atoms with E-state index in [2.05, 4.69) is 59.0 Å². The summed E-state index contributed by atoms with van der Waals surface area (Å²) in [6.07, 6.45) is 29.0. The molecule has 2 atom stereocenters. The fraction of sp³-hybridized carbons (Fsp3) is 0.574. The van der Waals surface area contributed by atoms with Gasteiger partial charge in [-0.2, -0.15) is 0 Å². The van der Waals surface area contributed by atoms with Crippen LogP contribution in [0.4, 0.5) is 8.78 Å². The highest BCUT2D eigenvalue weighted by Gasteiger charge is 2.34. The first-order chi connectivity index (χ1) is 46.6. The topological polar surface area (TPSA) is 344 Å². The van der Waals surface area contributed by atoms with Gasteiger partial charge < -0.3 is 24.5 Å². The number of piperazine rings is 4. The third-order valence-corrected chi connectivity index (χ3v) is 16.6. The largest absolute Gasteiger partial charge is 0.490 e. The van der Waals surface area contributed by atoms with Crippen LogP contribution < -0.4 is 36.1 Å². The van der Waals surface area contributed by atoms with E-state index in [0.29, 0.717) is 94.5 Å². The summed E-state index contributed by atoms with van der Waals surface area (Å²) >= 11 is 0. The Hall–Kier alpha value is -8.42. The third kappa shape index (κ3) is 28.6. The number of aromatic nitrogens is 6. The van der Waals surface area contributed by atoms with Crippen molar-refractivity contribution in [3.63, 3.8) is 0 Å². The lowest BCUT2D eigenvalue weighted by Gasteiger charge is -2.28. The minimum absolute atomic E-state index is 0. The van der Waals surface area contributed by atoms with Crippen molar-refractivity contribution in [1.82, 2.24) is 71.3 Å². The van der Waals surface area contributed by atoms with Crippen molar-refractivity contribution in [1.29, 1.82) is 0 Å². The van der Waals surface area contributed by atoms with Gasteiger partial charge in [0.05, 0.1) is 102 Å². The van der Waals surface area contributed by atoms with Gasteiger partial charge >= 0.3 is 0 Å². The standard InChI is InChI=1S/2C24H32FN5O4.C10H14N2O2.C6H8O.C4H6N2O2.ClH/c2*1-2-24(33,18-8-9-20(25)21(11-18)34-15-17-6-7-17)16-30-19(12-26-28-30)5-3-4-10-29-13-22(31)27-23(32)14-29;1-2-3-4-5-6-12-7-9(13)11-10(14)8-12;1-2-3-4-5-6-7;7-3-1-5-2-4(8)6-3;/h2*8-9,11-12,17,33H,2-7,10,13-16H2,1H3,(H,27,31,32);1H,3-8H2,(H,11,13,14);1,6H,3-5H2;5H,1-2H2,(H,6,7,8);1H/t2*24-;;;;/m11..../s1. The monoisotopic (exact) mass is 1390 g/mol. The van der Waals surface area contributed by atoms with E-state index in [1.807, 2.05) is 28.5 Å². The molecule has 0 unspecified atom stereocenters. The Bertz CT molecular complexity index is 3160. The second kappa shape index (κ2) is 41.7. The van der Waals surface area contributed by atoms with Crippen molar-refractivity contribution in [2.45, 2.75) is 154 Å².